The molecule has 0 aliphatic carbocycles. The fraction of sp³-hybridized carbons (Fsp3) is 0.364. The zero-order valence-electron chi connectivity index (χ0n) is 8.00. The predicted octanol–water partition coefficient (Wildman–Crippen LogP) is 2.63. The van der Waals surface area contributed by atoms with Gasteiger partial charge in [-0.15, -0.1) is 0 Å². The van der Waals surface area contributed by atoms with Crippen LogP contribution in [0.15, 0.2) is 22.7 Å². The number of aliphatic hydroxyl groups is 1. The molecule has 74 valence electrons. The van der Waals surface area contributed by atoms with E-state index < -0.39 is 0 Å². The molecule has 1 unspecified atom stereocenters. The summed E-state index contributed by atoms with van der Waals surface area (Å²) in [5.41, 5.74) is 1.73. The summed E-state index contributed by atoms with van der Waals surface area (Å²) in [7, 11) is 0. The van der Waals surface area contributed by atoms with Crippen LogP contribution in [0.2, 0.25) is 0 Å². The molecular formula is C11H12BrNO. The van der Waals surface area contributed by atoms with E-state index in [2.05, 4.69) is 22.0 Å². The van der Waals surface area contributed by atoms with E-state index in [4.69, 9.17) is 10.4 Å². The van der Waals surface area contributed by atoms with Gasteiger partial charge in [-0.3, -0.25) is 0 Å². The Morgan fingerprint density at radius 1 is 1.57 bits per heavy atom. The van der Waals surface area contributed by atoms with Gasteiger partial charge in [0.2, 0.25) is 0 Å². The molecule has 14 heavy (non-hydrogen) atoms. The van der Waals surface area contributed by atoms with E-state index in [1.54, 1.807) is 13.0 Å². The van der Waals surface area contributed by atoms with Crippen molar-refractivity contribution in [3.63, 3.8) is 0 Å². The van der Waals surface area contributed by atoms with Crippen molar-refractivity contribution in [1.82, 2.24) is 0 Å². The van der Waals surface area contributed by atoms with Crippen LogP contribution in [0.25, 0.3) is 0 Å². The molecule has 0 aliphatic heterocycles. The molecule has 0 heterocycles. The average molecular weight is 254 g/mol. The molecule has 0 amide bonds. The highest BCUT2D eigenvalue weighted by molar-refractivity contribution is 9.10. The smallest absolute Gasteiger partial charge is 0.0991 e. The van der Waals surface area contributed by atoms with Gasteiger partial charge in [0.25, 0.3) is 0 Å². The number of benzene rings is 1. The predicted molar refractivity (Wildman–Crippen MR) is 58.9 cm³/mol. The Morgan fingerprint density at radius 2 is 2.29 bits per heavy atom. The van der Waals surface area contributed by atoms with Gasteiger partial charge < -0.3 is 5.11 Å². The molecule has 0 radical (unpaired) electrons. The van der Waals surface area contributed by atoms with Crippen LogP contribution in [0, 0.1) is 11.3 Å². The topological polar surface area (TPSA) is 44.0 Å². The quantitative estimate of drug-likeness (QED) is 0.901. The van der Waals surface area contributed by atoms with Crippen molar-refractivity contribution < 1.29 is 5.11 Å². The van der Waals surface area contributed by atoms with Crippen molar-refractivity contribution in [2.75, 3.05) is 0 Å². The maximum atomic E-state index is 9.15. The minimum atomic E-state index is -0.298. The summed E-state index contributed by atoms with van der Waals surface area (Å²) in [6.45, 7) is 1.77. The van der Waals surface area contributed by atoms with E-state index in [9.17, 15) is 0 Å². The van der Waals surface area contributed by atoms with Gasteiger partial charge in [-0.1, -0.05) is 15.9 Å². The van der Waals surface area contributed by atoms with E-state index in [-0.39, 0.29) is 6.10 Å². The maximum Gasteiger partial charge on any atom is 0.0991 e. The highest BCUT2D eigenvalue weighted by Gasteiger charge is 2.03. The average Bonchev–Trinajstić information content (AvgIpc) is 2.16. The van der Waals surface area contributed by atoms with E-state index in [0.29, 0.717) is 12.0 Å². The second-order valence-electron chi connectivity index (χ2n) is 3.31. The van der Waals surface area contributed by atoms with Crippen molar-refractivity contribution in [1.29, 1.82) is 5.26 Å². The number of halogens is 1. The van der Waals surface area contributed by atoms with Crippen molar-refractivity contribution >= 4 is 15.9 Å². The summed E-state index contributed by atoms with van der Waals surface area (Å²) in [4.78, 5) is 0. The van der Waals surface area contributed by atoms with Crippen LogP contribution in [-0.4, -0.2) is 11.2 Å². The minimum Gasteiger partial charge on any atom is -0.393 e. The van der Waals surface area contributed by atoms with Gasteiger partial charge in [-0.05, 0) is 43.5 Å². The first kappa shape index (κ1) is 11.2. The van der Waals surface area contributed by atoms with Crippen LogP contribution in [0.4, 0.5) is 0 Å². The van der Waals surface area contributed by atoms with Crippen molar-refractivity contribution in [3.8, 4) is 6.07 Å². The van der Waals surface area contributed by atoms with Gasteiger partial charge in [-0.2, -0.15) is 5.26 Å². The monoisotopic (exact) mass is 253 g/mol. The van der Waals surface area contributed by atoms with Crippen molar-refractivity contribution in [3.05, 3.63) is 33.8 Å². The summed E-state index contributed by atoms with van der Waals surface area (Å²) in [6, 6.07) is 7.60. The minimum absolute atomic E-state index is 0.298. The second-order valence-corrected chi connectivity index (χ2v) is 4.16. The van der Waals surface area contributed by atoms with Gasteiger partial charge in [0.15, 0.2) is 0 Å². The molecule has 0 saturated carbocycles. The largest absolute Gasteiger partial charge is 0.393 e. The molecule has 0 aromatic heterocycles. The molecule has 0 aliphatic rings. The summed E-state index contributed by atoms with van der Waals surface area (Å²) in [5.74, 6) is 0. The number of hydrogen-bond donors (Lipinski definition) is 1. The van der Waals surface area contributed by atoms with Gasteiger partial charge in [0, 0.05) is 4.47 Å². The fourth-order valence-electron chi connectivity index (χ4n) is 1.20. The van der Waals surface area contributed by atoms with E-state index >= 15 is 0 Å². The molecule has 1 aromatic rings. The summed E-state index contributed by atoms with van der Waals surface area (Å²) >= 11 is 3.42. The lowest BCUT2D eigenvalue weighted by atomic mass is 10.1. The van der Waals surface area contributed by atoms with Gasteiger partial charge >= 0.3 is 0 Å². The molecular weight excluding hydrogens is 242 g/mol. The Morgan fingerprint density at radius 3 is 2.86 bits per heavy atom. The van der Waals surface area contributed by atoms with E-state index in [1.165, 1.54) is 0 Å². The lowest BCUT2D eigenvalue weighted by molar-refractivity contribution is 0.185. The van der Waals surface area contributed by atoms with Crippen molar-refractivity contribution in [2.45, 2.75) is 25.9 Å². The first-order valence-electron chi connectivity index (χ1n) is 4.50. The lowest BCUT2D eigenvalue weighted by Crippen LogP contribution is -2.01. The SMILES string of the molecule is CC(O)CCc1cc(C#N)ccc1Br. The molecule has 1 rings (SSSR count). The number of nitriles is 1. The molecule has 1 atom stereocenters. The third-order valence-corrected chi connectivity index (χ3v) is 2.78. The van der Waals surface area contributed by atoms with Gasteiger partial charge in [0.1, 0.15) is 0 Å². The van der Waals surface area contributed by atoms with Crippen molar-refractivity contribution in [2.24, 2.45) is 0 Å². The third-order valence-electron chi connectivity index (χ3n) is 2.01. The van der Waals surface area contributed by atoms with Crippen LogP contribution >= 0.6 is 15.9 Å². The normalized spacial score (nSPS) is 12.1. The van der Waals surface area contributed by atoms with Crippen LogP contribution < -0.4 is 0 Å². The second kappa shape index (κ2) is 5.14. The fourth-order valence-corrected chi connectivity index (χ4v) is 1.65. The number of aliphatic hydroxyl groups excluding tert-OH is 1. The standard InChI is InChI=1S/C11H12BrNO/c1-8(14)2-4-10-6-9(7-13)3-5-11(10)12/h3,5-6,8,14H,2,4H2,1H3. The molecule has 0 spiro atoms. The molecule has 0 bridgehead atoms. The number of nitrogens with zero attached hydrogens (tertiary/aromatic N) is 1. The van der Waals surface area contributed by atoms with E-state index in [1.807, 2.05) is 12.1 Å². The first-order valence-corrected chi connectivity index (χ1v) is 5.29. The van der Waals surface area contributed by atoms with Gasteiger partial charge in [-0.25, -0.2) is 0 Å². The highest BCUT2D eigenvalue weighted by atomic mass is 79.9. The molecule has 1 aromatic carbocycles. The number of aryl methyl sites for hydroxylation is 1. The Hall–Kier alpha value is -0.850. The van der Waals surface area contributed by atoms with E-state index in [0.717, 1.165) is 16.5 Å². The van der Waals surface area contributed by atoms with Crippen LogP contribution in [0.1, 0.15) is 24.5 Å². The lowest BCUT2D eigenvalue weighted by Gasteiger charge is -2.06. The molecule has 2 nitrogen and oxygen atoms in total. The van der Waals surface area contributed by atoms with Gasteiger partial charge in [0.05, 0.1) is 17.7 Å². The Kier molecular flexibility index (Phi) is 4.12. The third kappa shape index (κ3) is 3.13. The Bertz CT molecular complexity index is 355. The number of hydrogen-bond acceptors (Lipinski definition) is 2. The van der Waals surface area contributed by atoms with Crippen LogP contribution in [-0.2, 0) is 6.42 Å². The zero-order valence-corrected chi connectivity index (χ0v) is 9.58. The molecule has 0 saturated heterocycles. The Balaban J connectivity index is 2.80. The Labute approximate surface area is 92.3 Å². The molecule has 0 fully saturated rings. The van der Waals surface area contributed by atoms with Crippen LogP contribution in [0.5, 0.6) is 0 Å². The molecule has 3 heteroatoms. The summed E-state index contributed by atoms with van der Waals surface area (Å²) < 4.78 is 0.997. The number of rotatable bonds is 3. The van der Waals surface area contributed by atoms with Crippen LogP contribution in [0.3, 0.4) is 0 Å². The maximum absolute atomic E-state index is 9.15. The summed E-state index contributed by atoms with van der Waals surface area (Å²) in [6.07, 6.45) is 1.20. The first-order chi connectivity index (χ1) is 6.63. The summed E-state index contributed by atoms with van der Waals surface area (Å²) in [5, 5.41) is 17.9. The highest BCUT2D eigenvalue weighted by Crippen LogP contribution is 2.20. The molecule has 1 N–H and O–H groups in total. The zero-order chi connectivity index (χ0) is 10.6.